The molecule has 0 aromatic heterocycles. The molecule has 11 heavy (non-hydrogen) atoms. The van der Waals surface area contributed by atoms with Crippen LogP contribution in [0.15, 0.2) is 24.3 Å². The molecule has 0 amide bonds. The Morgan fingerprint density at radius 1 is 1.36 bits per heavy atom. The molecule has 0 N–H and O–H groups in total. The van der Waals surface area contributed by atoms with Crippen LogP contribution in [-0.2, 0) is 6.61 Å². The molecule has 0 atom stereocenters. The molecule has 1 nitrogen and oxygen atoms in total. The summed E-state index contributed by atoms with van der Waals surface area (Å²) in [5.41, 5.74) is 0.993. The van der Waals surface area contributed by atoms with Gasteiger partial charge in [-0.25, -0.2) is 0 Å². The van der Waals surface area contributed by atoms with Crippen LogP contribution >= 0.6 is 0 Å². The summed E-state index contributed by atoms with van der Waals surface area (Å²) in [4.78, 5) is 0. The molecular formula is C7H6Li2OTe. The van der Waals surface area contributed by atoms with Crippen molar-refractivity contribution in [1.29, 1.82) is 0 Å². The SMILES string of the molecule is [Li+].[Li][Te]c1ccccc1C[O-]. The molecule has 1 aromatic carbocycles. The first-order valence-electron chi connectivity index (χ1n) is 3.08. The summed E-state index contributed by atoms with van der Waals surface area (Å²) in [5.74, 6) is 0. The zero-order chi connectivity index (χ0) is 7.40. The molecule has 0 unspecified atom stereocenters. The summed E-state index contributed by atoms with van der Waals surface area (Å²) in [6, 6.07) is 7.92. The number of benzene rings is 1. The average molecular weight is 248 g/mol. The van der Waals surface area contributed by atoms with E-state index in [1.165, 1.54) is 3.61 Å². The second-order valence-electron chi connectivity index (χ2n) is 1.96. The van der Waals surface area contributed by atoms with Gasteiger partial charge in [-0.3, -0.25) is 0 Å². The summed E-state index contributed by atoms with van der Waals surface area (Å²) in [6.45, 7) is -0.0607. The van der Waals surface area contributed by atoms with E-state index in [0.29, 0.717) is 0 Å². The van der Waals surface area contributed by atoms with E-state index in [2.05, 4.69) is 20.4 Å². The third-order valence-electron chi connectivity index (χ3n) is 1.35. The second-order valence-corrected chi connectivity index (χ2v) is 4.38. The van der Waals surface area contributed by atoms with Crippen LogP contribution in [0.1, 0.15) is 5.56 Å². The van der Waals surface area contributed by atoms with Crippen LogP contribution in [0.2, 0.25) is 0 Å². The Labute approximate surface area is 95.6 Å². The third-order valence-corrected chi connectivity index (χ3v) is 3.74. The van der Waals surface area contributed by atoms with Crippen LogP contribution in [0.5, 0.6) is 0 Å². The quantitative estimate of drug-likeness (QED) is 0.488. The van der Waals surface area contributed by atoms with E-state index < -0.39 is 0 Å². The molecule has 0 spiro atoms. The van der Waals surface area contributed by atoms with Gasteiger partial charge in [-0.2, -0.15) is 0 Å². The van der Waals surface area contributed by atoms with Gasteiger partial charge in [0.1, 0.15) is 0 Å². The molecule has 0 aliphatic heterocycles. The Kier molecular flexibility index (Phi) is 7.36. The summed E-state index contributed by atoms with van der Waals surface area (Å²) in [5, 5.41) is 10.5. The molecule has 0 aliphatic rings. The first kappa shape index (κ1) is 12.2. The van der Waals surface area contributed by atoms with Gasteiger partial charge in [0.15, 0.2) is 0 Å². The van der Waals surface area contributed by atoms with Crippen molar-refractivity contribution < 1.29 is 24.0 Å². The predicted molar refractivity (Wildman–Crippen MR) is 41.3 cm³/mol. The summed E-state index contributed by atoms with van der Waals surface area (Å²) < 4.78 is 1.31. The molecule has 1 aromatic rings. The van der Waals surface area contributed by atoms with E-state index in [-0.39, 0.29) is 43.7 Å². The van der Waals surface area contributed by atoms with Crippen LogP contribution in [-0.4, -0.2) is 32.6 Å². The first-order valence-corrected chi connectivity index (χ1v) is 6.58. The third kappa shape index (κ3) is 3.59. The van der Waals surface area contributed by atoms with Crippen molar-refractivity contribution in [3.63, 3.8) is 0 Å². The molecule has 0 heterocycles. The molecule has 0 saturated heterocycles. The van der Waals surface area contributed by atoms with Crippen molar-refractivity contribution in [2.75, 3.05) is 0 Å². The van der Waals surface area contributed by atoms with Crippen LogP contribution in [0, 0.1) is 0 Å². The second kappa shape index (κ2) is 6.66. The van der Waals surface area contributed by atoms with E-state index in [4.69, 9.17) is 0 Å². The minimum atomic E-state index is -0.0779. The molecule has 0 fully saturated rings. The van der Waals surface area contributed by atoms with Crippen molar-refractivity contribution in [3.05, 3.63) is 29.8 Å². The van der Waals surface area contributed by atoms with Gasteiger partial charge in [0.25, 0.3) is 0 Å². The minimum absolute atomic E-state index is 0. The predicted octanol–water partition coefficient (Wildman–Crippen LogP) is -4.04. The van der Waals surface area contributed by atoms with Crippen LogP contribution in [0.4, 0.5) is 0 Å². The van der Waals surface area contributed by atoms with Crippen molar-refractivity contribution >= 4 is 36.2 Å². The average Bonchev–Trinajstić information content (AvgIpc) is 2.04. The fourth-order valence-electron chi connectivity index (χ4n) is 0.822. The summed E-state index contributed by atoms with van der Waals surface area (Å²) in [7, 11) is 0. The zero-order valence-electron chi connectivity index (χ0n) is 6.83. The standard InChI is InChI=1S/C7H7OTe.2Li/c8-5-6-3-1-2-4-7(6)9;;/h1-4,9H,5H2;;/q-1;2*+1/p-1. The Balaban J connectivity index is 0.000001000. The van der Waals surface area contributed by atoms with Gasteiger partial charge >= 0.3 is 96.6 Å². The fourth-order valence-corrected chi connectivity index (χ4v) is 2.55. The maximum absolute atomic E-state index is 10.5. The van der Waals surface area contributed by atoms with Gasteiger partial charge < -0.3 is 0 Å². The molecule has 48 valence electrons. The molecule has 0 aliphatic carbocycles. The topological polar surface area (TPSA) is 23.1 Å². The molecule has 0 radical (unpaired) electrons. The molecule has 4 heteroatoms. The van der Waals surface area contributed by atoms with Crippen LogP contribution in [0.25, 0.3) is 0 Å². The maximum atomic E-state index is 10.5. The van der Waals surface area contributed by atoms with Gasteiger partial charge in [-0.1, -0.05) is 0 Å². The molecule has 0 bridgehead atoms. The van der Waals surface area contributed by atoms with Crippen molar-refractivity contribution in [2.24, 2.45) is 0 Å². The number of hydrogen-bond donors (Lipinski definition) is 0. The van der Waals surface area contributed by atoms with Gasteiger partial charge in [-0.05, 0) is 0 Å². The van der Waals surface area contributed by atoms with Crippen LogP contribution in [0.3, 0.4) is 0 Å². The van der Waals surface area contributed by atoms with E-state index >= 15 is 0 Å². The van der Waals surface area contributed by atoms with Gasteiger partial charge in [-0.15, -0.1) is 0 Å². The van der Waals surface area contributed by atoms with E-state index in [0.717, 1.165) is 5.56 Å². The van der Waals surface area contributed by atoms with Crippen molar-refractivity contribution in [3.8, 4) is 0 Å². The Morgan fingerprint density at radius 2 is 2.00 bits per heavy atom. The van der Waals surface area contributed by atoms with E-state index in [9.17, 15) is 5.11 Å². The van der Waals surface area contributed by atoms with Gasteiger partial charge in [0.2, 0.25) is 0 Å². The van der Waals surface area contributed by atoms with Gasteiger partial charge in [0.05, 0.1) is 0 Å². The molecule has 1 rings (SSSR count). The zero-order valence-corrected chi connectivity index (χ0v) is 9.16. The Morgan fingerprint density at radius 3 is 2.45 bits per heavy atom. The first-order chi connectivity index (χ1) is 4.88. The number of hydrogen-bond acceptors (Lipinski definition) is 1. The monoisotopic (exact) mass is 250 g/mol. The number of rotatable bonds is 2. The van der Waals surface area contributed by atoms with Crippen molar-refractivity contribution in [1.82, 2.24) is 0 Å². The molecular weight excluding hydrogens is 242 g/mol. The summed E-state index contributed by atoms with van der Waals surface area (Å²) in [6.07, 6.45) is 0. The van der Waals surface area contributed by atoms with Crippen molar-refractivity contribution in [2.45, 2.75) is 6.61 Å². The van der Waals surface area contributed by atoms with E-state index in [1.54, 1.807) is 0 Å². The Bertz CT molecular complexity index is 194. The molecule has 0 saturated carbocycles. The normalized spacial score (nSPS) is 9.00. The Hall–Kier alpha value is 1.16. The summed E-state index contributed by atoms with van der Waals surface area (Å²) >= 11 is 2.12. The fraction of sp³-hybridized carbons (Fsp3) is 0.143. The van der Waals surface area contributed by atoms with E-state index in [1.807, 2.05) is 18.2 Å². The van der Waals surface area contributed by atoms with Gasteiger partial charge in [0, 0.05) is 0 Å². The van der Waals surface area contributed by atoms with Crippen LogP contribution < -0.4 is 27.6 Å².